The maximum Gasteiger partial charge on any atom is 0.143 e. The third-order valence-corrected chi connectivity index (χ3v) is 1.45. The number of halogens is 1. The summed E-state index contributed by atoms with van der Waals surface area (Å²) in [5, 5.41) is 10.7. The highest BCUT2D eigenvalue weighted by molar-refractivity contribution is 6.29. The number of aromatic nitrogens is 1. The molecule has 1 rings (SSSR count). The molecule has 0 bridgehead atoms. The van der Waals surface area contributed by atoms with Gasteiger partial charge >= 0.3 is 0 Å². The highest BCUT2D eigenvalue weighted by Gasteiger charge is 2.00. The van der Waals surface area contributed by atoms with Crippen molar-refractivity contribution >= 4 is 17.4 Å². The zero-order valence-electron chi connectivity index (χ0n) is 7.37. The SMILES string of the molecule is CN(C)Nc1cc(C#N)cc(Cl)n1. The Balaban J connectivity index is 2.96. The van der Waals surface area contributed by atoms with Crippen LogP contribution in [0.1, 0.15) is 5.56 Å². The van der Waals surface area contributed by atoms with E-state index >= 15 is 0 Å². The van der Waals surface area contributed by atoms with E-state index in [2.05, 4.69) is 10.4 Å². The van der Waals surface area contributed by atoms with Crippen LogP contribution in [0.25, 0.3) is 0 Å². The van der Waals surface area contributed by atoms with Gasteiger partial charge in [0.1, 0.15) is 11.0 Å². The monoisotopic (exact) mass is 196 g/mol. The van der Waals surface area contributed by atoms with Crippen LogP contribution in [0.2, 0.25) is 5.15 Å². The molecule has 1 aromatic rings. The molecule has 0 aliphatic rings. The fraction of sp³-hybridized carbons (Fsp3) is 0.250. The van der Waals surface area contributed by atoms with Gasteiger partial charge in [-0.1, -0.05) is 11.6 Å². The number of rotatable bonds is 2. The zero-order valence-corrected chi connectivity index (χ0v) is 8.13. The summed E-state index contributed by atoms with van der Waals surface area (Å²) in [6.45, 7) is 0. The summed E-state index contributed by atoms with van der Waals surface area (Å²) in [7, 11) is 3.66. The number of hydrazine groups is 1. The quantitative estimate of drug-likeness (QED) is 0.575. The van der Waals surface area contributed by atoms with E-state index in [0.29, 0.717) is 16.5 Å². The predicted octanol–water partition coefficient (Wildman–Crippen LogP) is 1.50. The van der Waals surface area contributed by atoms with Crippen molar-refractivity contribution < 1.29 is 0 Å². The van der Waals surface area contributed by atoms with E-state index < -0.39 is 0 Å². The van der Waals surface area contributed by atoms with Gasteiger partial charge in [0, 0.05) is 14.1 Å². The third-order valence-electron chi connectivity index (χ3n) is 1.26. The molecule has 0 spiro atoms. The Bertz CT molecular complexity index is 342. The molecule has 0 radical (unpaired) electrons. The van der Waals surface area contributed by atoms with Crippen molar-refractivity contribution in [3.8, 4) is 6.07 Å². The molecule has 0 aliphatic carbocycles. The smallest absolute Gasteiger partial charge is 0.143 e. The Morgan fingerprint density at radius 2 is 2.23 bits per heavy atom. The molecule has 0 aliphatic heterocycles. The standard InChI is InChI=1S/C8H9ClN4/c1-13(2)12-8-4-6(5-10)3-7(9)11-8/h3-4H,1-2H3,(H,11,12). The Labute approximate surface area is 81.7 Å². The largest absolute Gasteiger partial charge is 0.304 e. The Morgan fingerprint density at radius 3 is 2.77 bits per heavy atom. The number of hydrogen-bond donors (Lipinski definition) is 1. The fourth-order valence-electron chi connectivity index (χ4n) is 0.848. The minimum absolute atomic E-state index is 0.309. The number of hydrogen-bond acceptors (Lipinski definition) is 4. The predicted molar refractivity (Wildman–Crippen MR) is 51.3 cm³/mol. The van der Waals surface area contributed by atoms with Gasteiger partial charge in [0.05, 0.1) is 11.6 Å². The number of pyridine rings is 1. The summed E-state index contributed by atoms with van der Waals surface area (Å²) in [5.41, 5.74) is 3.40. The number of nitrogens with zero attached hydrogens (tertiary/aromatic N) is 3. The average molecular weight is 197 g/mol. The van der Waals surface area contributed by atoms with Crippen LogP contribution in [0.4, 0.5) is 5.82 Å². The van der Waals surface area contributed by atoms with Crippen molar-refractivity contribution in [1.29, 1.82) is 5.26 Å². The summed E-state index contributed by atoms with van der Waals surface area (Å²) >= 11 is 5.69. The second-order valence-corrected chi connectivity index (χ2v) is 3.07. The van der Waals surface area contributed by atoms with Crippen LogP contribution in [0.5, 0.6) is 0 Å². The van der Waals surface area contributed by atoms with E-state index in [1.807, 2.05) is 20.2 Å². The normalized spacial score (nSPS) is 9.77. The molecule has 5 heteroatoms. The first-order valence-electron chi connectivity index (χ1n) is 3.63. The van der Waals surface area contributed by atoms with Gasteiger partial charge < -0.3 is 5.43 Å². The molecule has 0 fully saturated rings. The molecule has 0 atom stereocenters. The molecule has 0 aromatic carbocycles. The molecule has 13 heavy (non-hydrogen) atoms. The molecule has 0 saturated carbocycles. The molecule has 0 saturated heterocycles. The van der Waals surface area contributed by atoms with E-state index in [1.165, 1.54) is 6.07 Å². The van der Waals surface area contributed by atoms with Crippen molar-refractivity contribution in [1.82, 2.24) is 9.99 Å². The summed E-state index contributed by atoms with van der Waals surface area (Å²) < 4.78 is 0. The lowest BCUT2D eigenvalue weighted by atomic mass is 10.3. The summed E-state index contributed by atoms with van der Waals surface area (Å²) in [6, 6.07) is 5.15. The van der Waals surface area contributed by atoms with Gasteiger partial charge in [-0.25, -0.2) is 9.99 Å². The molecule has 1 heterocycles. The van der Waals surface area contributed by atoms with E-state index in [1.54, 1.807) is 11.1 Å². The molecular formula is C8H9ClN4. The van der Waals surface area contributed by atoms with Crippen molar-refractivity contribution in [3.63, 3.8) is 0 Å². The van der Waals surface area contributed by atoms with Gasteiger partial charge in [-0.3, -0.25) is 0 Å². The molecule has 0 amide bonds. The Morgan fingerprint density at radius 1 is 1.54 bits per heavy atom. The first-order chi connectivity index (χ1) is 6.11. The van der Waals surface area contributed by atoms with E-state index in [9.17, 15) is 0 Å². The molecule has 1 N–H and O–H groups in total. The lowest BCUT2D eigenvalue weighted by Gasteiger charge is -2.12. The second-order valence-electron chi connectivity index (χ2n) is 2.68. The van der Waals surface area contributed by atoms with Gasteiger partial charge in [0.25, 0.3) is 0 Å². The minimum Gasteiger partial charge on any atom is -0.304 e. The van der Waals surface area contributed by atoms with Crippen LogP contribution < -0.4 is 5.43 Å². The summed E-state index contributed by atoms with van der Waals surface area (Å²) in [6.07, 6.45) is 0. The van der Waals surface area contributed by atoms with Gasteiger partial charge in [-0.2, -0.15) is 5.26 Å². The van der Waals surface area contributed by atoms with E-state index in [0.717, 1.165) is 0 Å². The molecule has 1 aromatic heterocycles. The van der Waals surface area contributed by atoms with Crippen LogP contribution in [0.15, 0.2) is 12.1 Å². The lowest BCUT2D eigenvalue weighted by molar-refractivity contribution is 0.492. The van der Waals surface area contributed by atoms with Gasteiger partial charge in [-0.15, -0.1) is 0 Å². The Hall–Kier alpha value is -1.31. The van der Waals surface area contributed by atoms with Crippen molar-refractivity contribution in [2.75, 3.05) is 19.5 Å². The first kappa shape index (κ1) is 9.78. The lowest BCUT2D eigenvalue weighted by Crippen LogP contribution is -2.20. The van der Waals surface area contributed by atoms with Gasteiger partial charge in [-0.05, 0) is 12.1 Å². The van der Waals surface area contributed by atoms with Crippen LogP contribution in [0.3, 0.4) is 0 Å². The van der Waals surface area contributed by atoms with Gasteiger partial charge in [0.15, 0.2) is 0 Å². The topological polar surface area (TPSA) is 52.0 Å². The number of anilines is 1. The van der Waals surface area contributed by atoms with Crippen LogP contribution >= 0.6 is 11.6 Å². The van der Waals surface area contributed by atoms with Crippen LogP contribution in [-0.4, -0.2) is 24.1 Å². The van der Waals surface area contributed by atoms with Crippen LogP contribution in [-0.2, 0) is 0 Å². The molecule has 4 nitrogen and oxygen atoms in total. The fourth-order valence-corrected chi connectivity index (χ4v) is 1.06. The summed E-state index contributed by atoms with van der Waals surface area (Å²) in [4.78, 5) is 3.98. The average Bonchev–Trinajstić information content (AvgIpc) is 2.01. The van der Waals surface area contributed by atoms with Gasteiger partial charge in [0.2, 0.25) is 0 Å². The molecular weight excluding hydrogens is 188 g/mol. The number of nitrogens with one attached hydrogen (secondary N) is 1. The van der Waals surface area contributed by atoms with Crippen LogP contribution in [0, 0.1) is 11.3 Å². The maximum atomic E-state index is 8.64. The maximum absolute atomic E-state index is 8.64. The van der Waals surface area contributed by atoms with Crippen molar-refractivity contribution in [2.24, 2.45) is 0 Å². The van der Waals surface area contributed by atoms with Crippen molar-refractivity contribution in [3.05, 3.63) is 22.8 Å². The van der Waals surface area contributed by atoms with Crippen molar-refractivity contribution in [2.45, 2.75) is 0 Å². The number of nitriles is 1. The highest BCUT2D eigenvalue weighted by Crippen LogP contribution is 2.13. The van der Waals surface area contributed by atoms with E-state index in [-0.39, 0.29) is 0 Å². The molecule has 0 unspecified atom stereocenters. The first-order valence-corrected chi connectivity index (χ1v) is 4.01. The third kappa shape index (κ3) is 2.90. The summed E-state index contributed by atoms with van der Waals surface area (Å²) in [5.74, 6) is 0.564. The highest BCUT2D eigenvalue weighted by atomic mass is 35.5. The Kier molecular flexibility index (Phi) is 3.07. The second kappa shape index (κ2) is 4.08. The minimum atomic E-state index is 0.309. The zero-order chi connectivity index (χ0) is 9.84. The van der Waals surface area contributed by atoms with E-state index in [4.69, 9.17) is 16.9 Å². The molecule has 68 valence electrons.